The van der Waals surface area contributed by atoms with Gasteiger partial charge >= 0.3 is 0 Å². The molecule has 4 rings (SSSR count). The van der Waals surface area contributed by atoms with Crippen LogP contribution in [0.2, 0.25) is 5.02 Å². The van der Waals surface area contributed by atoms with Crippen LogP contribution in [0.1, 0.15) is 16.1 Å². The zero-order chi connectivity index (χ0) is 19.5. The van der Waals surface area contributed by atoms with E-state index in [2.05, 4.69) is 4.98 Å². The van der Waals surface area contributed by atoms with Crippen molar-refractivity contribution in [3.05, 3.63) is 95.4 Å². The minimum absolute atomic E-state index is 0.198. The summed E-state index contributed by atoms with van der Waals surface area (Å²) >= 11 is 6.15. The summed E-state index contributed by atoms with van der Waals surface area (Å²) in [6.07, 6.45) is 3.72. The molecule has 0 saturated carbocycles. The second-order valence-electron chi connectivity index (χ2n) is 6.25. The van der Waals surface area contributed by atoms with E-state index in [0.29, 0.717) is 22.9 Å². The molecular formula is C22H18ClN3O2. The zero-order valence-electron chi connectivity index (χ0n) is 15.2. The highest BCUT2D eigenvalue weighted by atomic mass is 35.5. The van der Waals surface area contributed by atoms with Crippen molar-refractivity contribution in [2.45, 2.75) is 6.54 Å². The molecule has 0 saturated heterocycles. The van der Waals surface area contributed by atoms with Gasteiger partial charge in [0.25, 0.3) is 5.91 Å². The van der Waals surface area contributed by atoms with Gasteiger partial charge in [-0.1, -0.05) is 35.9 Å². The lowest BCUT2D eigenvalue weighted by molar-refractivity contribution is 0.0982. The van der Waals surface area contributed by atoms with Crippen molar-refractivity contribution in [2.24, 2.45) is 0 Å². The van der Waals surface area contributed by atoms with Crippen LogP contribution in [0.25, 0.3) is 5.65 Å². The first-order chi connectivity index (χ1) is 13.7. The molecule has 1 amide bonds. The molecule has 0 spiro atoms. The first-order valence-electron chi connectivity index (χ1n) is 8.79. The van der Waals surface area contributed by atoms with Crippen LogP contribution < -0.4 is 9.64 Å². The van der Waals surface area contributed by atoms with Crippen molar-refractivity contribution in [1.82, 2.24) is 9.38 Å². The Morgan fingerprint density at radius 2 is 1.89 bits per heavy atom. The second kappa shape index (κ2) is 7.74. The maximum atomic E-state index is 13.5. The third-order valence-electron chi connectivity index (χ3n) is 4.52. The van der Waals surface area contributed by atoms with Crippen molar-refractivity contribution in [2.75, 3.05) is 12.0 Å². The van der Waals surface area contributed by atoms with Crippen molar-refractivity contribution in [1.29, 1.82) is 0 Å². The highest BCUT2D eigenvalue weighted by Crippen LogP contribution is 2.27. The lowest BCUT2D eigenvalue weighted by Crippen LogP contribution is -2.31. The molecule has 0 atom stereocenters. The number of anilines is 1. The molecule has 2 aromatic heterocycles. The predicted octanol–water partition coefficient (Wildman–Crippen LogP) is 4.84. The Morgan fingerprint density at radius 3 is 2.68 bits per heavy atom. The standard InChI is InChI=1S/C22H18ClN3O2/c1-28-20-11-10-16(23)13-19(20)22(27)26(17-7-3-2-4-8-17)15-18-14-24-21-9-5-6-12-25(18)21/h2-14H,15H2,1H3. The van der Waals surface area contributed by atoms with Gasteiger partial charge in [-0.15, -0.1) is 0 Å². The fourth-order valence-corrected chi connectivity index (χ4v) is 3.32. The number of nitrogens with zero attached hydrogens (tertiary/aromatic N) is 3. The summed E-state index contributed by atoms with van der Waals surface area (Å²) in [4.78, 5) is 19.6. The smallest absolute Gasteiger partial charge is 0.262 e. The highest BCUT2D eigenvalue weighted by Gasteiger charge is 2.23. The Kier molecular flexibility index (Phi) is 5.00. The number of pyridine rings is 1. The molecular weight excluding hydrogens is 374 g/mol. The van der Waals surface area contributed by atoms with Crippen LogP contribution in [0.15, 0.2) is 79.1 Å². The summed E-state index contributed by atoms with van der Waals surface area (Å²) in [5.74, 6) is 0.282. The van der Waals surface area contributed by atoms with Crippen LogP contribution in [0.4, 0.5) is 5.69 Å². The molecule has 0 N–H and O–H groups in total. The van der Waals surface area contributed by atoms with Gasteiger partial charge in [0.15, 0.2) is 0 Å². The van der Waals surface area contributed by atoms with Crippen LogP contribution in [0, 0.1) is 0 Å². The number of amides is 1. The molecule has 2 heterocycles. The number of fused-ring (bicyclic) bond motifs is 1. The van der Waals surface area contributed by atoms with Crippen molar-refractivity contribution < 1.29 is 9.53 Å². The van der Waals surface area contributed by atoms with Crippen LogP contribution in [-0.4, -0.2) is 22.4 Å². The fraction of sp³-hybridized carbons (Fsp3) is 0.0909. The molecule has 0 bridgehead atoms. The van der Waals surface area contributed by atoms with Gasteiger partial charge in [-0.05, 0) is 42.5 Å². The molecule has 4 aromatic rings. The summed E-state index contributed by atoms with van der Waals surface area (Å²) in [5.41, 5.74) is 2.92. The van der Waals surface area contributed by atoms with E-state index in [4.69, 9.17) is 16.3 Å². The van der Waals surface area contributed by atoms with Crippen LogP contribution in [0.3, 0.4) is 0 Å². The number of hydrogen-bond acceptors (Lipinski definition) is 3. The number of imidazole rings is 1. The number of halogens is 1. The molecule has 0 aliphatic heterocycles. The lowest BCUT2D eigenvalue weighted by Gasteiger charge is -2.24. The van der Waals surface area contributed by atoms with E-state index in [1.165, 1.54) is 7.11 Å². The summed E-state index contributed by atoms with van der Waals surface area (Å²) in [6, 6.07) is 20.4. The van der Waals surface area contributed by atoms with Gasteiger partial charge < -0.3 is 14.0 Å². The summed E-state index contributed by atoms with van der Waals surface area (Å²) < 4.78 is 7.36. The summed E-state index contributed by atoms with van der Waals surface area (Å²) in [6.45, 7) is 0.351. The minimum Gasteiger partial charge on any atom is -0.496 e. The van der Waals surface area contributed by atoms with E-state index in [1.807, 2.05) is 59.1 Å². The largest absolute Gasteiger partial charge is 0.496 e. The SMILES string of the molecule is COc1ccc(Cl)cc1C(=O)N(Cc1cnc2ccccn12)c1ccccc1. The maximum absolute atomic E-state index is 13.5. The van der Waals surface area contributed by atoms with Crippen molar-refractivity contribution in [3.63, 3.8) is 0 Å². The number of carbonyl (C=O) groups excluding carboxylic acids is 1. The number of rotatable bonds is 5. The summed E-state index contributed by atoms with van der Waals surface area (Å²) in [7, 11) is 1.54. The molecule has 140 valence electrons. The highest BCUT2D eigenvalue weighted by molar-refractivity contribution is 6.31. The van der Waals surface area contributed by atoms with Gasteiger partial charge in [-0.25, -0.2) is 4.98 Å². The average molecular weight is 392 g/mol. The Labute approximate surface area is 167 Å². The second-order valence-corrected chi connectivity index (χ2v) is 6.69. The molecule has 0 unspecified atom stereocenters. The number of para-hydroxylation sites is 1. The average Bonchev–Trinajstić information content (AvgIpc) is 3.15. The number of aromatic nitrogens is 2. The predicted molar refractivity (Wildman–Crippen MR) is 110 cm³/mol. The normalized spacial score (nSPS) is 10.8. The number of carbonyl (C=O) groups is 1. The van der Waals surface area contributed by atoms with E-state index in [1.54, 1.807) is 29.3 Å². The van der Waals surface area contributed by atoms with E-state index >= 15 is 0 Å². The van der Waals surface area contributed by atoms with E-state index in [9.17, 15) is 4.79 Å². The molecule has 2 aromatic carbocycles. The van der Waals surface area contributed by atoms with E-state index in [0.717, 1.165) is 17.0 Å². The molecule has 0 aliphatic rings. The maximum Gasteiger partial charge on any atom is 0.262 e. The van der Waals surface area contributed by atoms with Gasteiger partial charge in [0.2, 0.25) is 0 Å². The Balaban J connectivity index is 1.78. The fourth-order valence-electron chi connectivity index (χ4n) is 3.15. The number of ether oxygens (including phenoxy) is 1. The third-order valence-corrected chi connectivity index (χ3v) is 4.75. The quantitative estimate of drug-likeness (QED) is 0.489. The van der Waals surface area contributed by atoms with Crippen LogP contribution >= 0.6 is 11.6 Å². The molecule has 0 fully saturated rings. The van der Waals surface area contributed by atoms with Crippen LogP contribution in [0.5, 0.6) is 5.75 Å². The zero-order valence-corrected chi connectivity index (χ0v) is 16.0. The monoisotopic (exact) mass is 391 g/mol. The molecule has 5 nitrogen and oxygen atoms in total. The van der Waals surface area contributed by atoms with Crippen molar-refractivity contribution in [3.8, 4) is 5.75 Å². The van der Waals surface area contributed by atoms with Crippen molar-refractivity contribution >= 4 is 28.8 Å². The lowest BCUT2D eigenvalue weighted by atomic mass is 10.1. The van der Waals surface area contributed by atoms with Gasteiger partial charge in [0, 0.05) is 16.9 Å². The summed E-state index contributed by atoms with van der Waals surface area (Å²) in [5, 5.41) is 0.479. The van der Waals surface area contributed by atoms with Gasteiger partial charge in [-0.2, -0.15) is 0 Å². The minimum atomic E-state index is -0.198. The Bertz CT molecular complexity index is 1130. The van der Waals surface area contributed by atoms with Crippen LogP contribution in [-0.2, 0) is 6.54 Å². The number of methoxy groups -OCH3 is 1. The first kappa shape index (κ1) is 18.1. The molecule has 28 heavy (non-hydrogen) atoms. The Hall–Kier alpha value is -3.31. The first-order valence-corrected chi connectivity index (χ1v) is 9.16. The van der Waals surface area contributed by atoms with Gasteiger partial charge in [0.1, 0.15) is 11.4 Å². The molecule has 0 aliphatic carbocycles. The number of hydrogen-bond donors (Lipinski definition) is 0. The number of benzene rings is 2. The Morgan fingerprint density at radius 1 is 1.11 bits per heavy atom. The van der Waals surface area contributed by atoms with E-state index < -0.39 is 0 Å². The van der Waals surface area contributed by atoms with Gasteiger partial charge in [0.05, 0.1) is 31.1 Å². The van der Waals surface area contributed by atoms with Gasteiger partial charge in [-0.3, -0.25) is 4.79 Å². The van der Waals surface area contributed by atoms with E-state index in [-0.39, 0.29) is 5.91 Å². The third kappa shape index (κ3) is 3.44. The topological polar surface area (TPSA) is 46.8 Å². The molecule has 0 radical (unpaired) electrons. The molecule has 6 heteroatoms.